The second-order valence-electron chi connectivity index (χ2n) is 2.53. The van der Waals surface area contributed by atoms with Gasteiger partial charge in [0.05, 0.1) is 12.5 Å². The van der Waals surface area contributed by atoms with Gasteiger partial charge in [0.25, 0.3) is 0 Å². The third kappa shape index (κ3) is 1.51. The van der Waals surface area contributed by atoms with E-state index in [0.29, 0.717) is 10.6 Å². The number of phenolic OH excluding ortho intramolecular Hbond substituents is 1. The van der Waals surface area contributed by atoms with Crippen LogP contribution in [0.4, 0.5) is 0 Å². The van der Waals surface area contributed by atoms with Gasteiger partial charge >= 0.3 is 0 Å². The molecule has 0 fully saturated rings. The van der Waals surface area contributed by atoms with E-state index in [2.05, 4.69) is 0 Å². The van der Waals surface area contributed by atoms with Crippen molar-refractivity contribution in [1.82, 2.24) is 0 Å². The fourth-order valence-corrected chi connectivity index (χ4v) is 1.20. The number of aromatic hydroxyl groups is 1. The summed E-state index contributed by atoms with van der Waals surface area (Å²) in [6.07, 6.45) is 0.145. The highest BCUT2D eigenvalue weighted by molar-refractivity contribution is 6.31. The van der Waals surface area contributed by atoms with Gasteiger partial charge in [-0.2, -0.15) is 5.26 Å². The highest BCUT2D eigenvalue weighted by Gasteiger charge is 2.07. The van der Waals surface area contributed by atoms with Gasteiger partial charge in [0.1, 0.15) is 5.75 Å². The van der Waals surface area contributed by atoms with Crippen molar-refractivity contribution < 1.29 is 5.11 Å². The normalized spacial score (nSPS) is 9.42. The van der Waals surface area contributed by atoms with Crippen LogP contribution in [-0.4, -0.2) is 5.11 Å². The Balaban J connectivity index is 3.25. The molecule has 0 heterocycles. The zero-order chi connectivity index (χ0) is 9.14. The number of hydrogen-bond donors (Lipinski definition) is 1. The first-order valence-corrected chi connectivity index (χ1v) is 3.88. The second kappa shape index (κ2) is 3.46. The molecule has 0 aromatic heterocycles. The van der Waals surface area contributed by atoms with Gasteiger partial charge in [-0.1, -0.05) is 17.7 Å². The molecule has 3 heteroatoms. The van der Waals surface area contributed by atoms with Gasteiger partial charge in [-0.15, -0.1) is 0 Å². The molecule has 0 unspecified atom stereocenters. The maximum Gasteiger partial charge on any atom is 0.124 e. The van der Waals surface area contributed by atoms with Gasteiger partial charge in [-0.05, 0) is 18.6 Å². The molecule has 1 aromatic carbocycles. The second-order valence-corrected chi connectivity index (χ2v) is 2.93. The van der Waals surface area contributed by atoms with Crippen LogP contribution in [-0.2, 0) is 6.42 Å². The zero-order valence-corrected chi connectivity index (χ0v) is 7.39. The Bertz CT molecular complexity index is 341. The van der Waals surface area contributed by atoms with Crippen molar-refractivity contribution in [1.29, 1.82) is 5.26 Å². The fraction of sp³-hybridized carbons (Fsp3) is 0.222. The highest BCUT2D eigenvalue weighted by Crippen LogP contribution is 2.28. The SMILES string of the molecule is Cc1ccc(Cl)c(CC#N)c1O. The maximum absolute atomic E-state index is 9.47. The molecule has 0 amide bonds. The summed E-state index contributed by atoms with van der Waals surface area (Å²) in [6, 6.07) is 5.35. The molecule has 1 aromatic rings. The molecule has 0 aliphatic rings. The van der Waals surface area contributed by atoms with E-state index in [4.69, 9.17) is 16.9 Å². The summed E-state index contributed by atoms with van der Waals surface area (Å²) in [6.45, 7) is 1.77. The van der Waals surface area contributed by atoms with Gasteiger partial charge in [0.2, 0.25) is 0 Å². The monoisotopic (exact) mass is 181 g/mol. The average molecular weight is 182 g/mol. The Labute approximate surface area is 76.0 Å². The maximum atomic E-state index is 9.47. The van der Waals surface area contributed by atoms with Crippen LogP contribution in [0.25, 0.3) is 0 Å². The number of nitriles is 1. The standard InChI is InChI=1S/C9H8ClNO/c1-6-2-3-8(10)7(4-5-11)9(6)12/h2-3,12H,4H2,1H3. The Kier molecular flexibility index (Phi) is 2.57. The van der Waals surface area contributed by atoms with E-state index < -0.39 is 0 Å². The minimum absolute atomic E-state index is 0.129. The summed E-state index contributed by atoms with van der Waals surface area (Å²) in [5.41, 5.74) is 1.25. The van der Waals surface area contributed by atoms with Gasteiger partial charge in [0, 0.05) is 10.6 Å². The minimum Gasteiger partial charge on any atom is -0.507 e. The number of phenols is 1. The van der Waals surface area contributed by atoms with Crippen molar-refractivity contribution in [2.75, 3.05) is 0 Å². The smallest absolute Gasteiger partial charge is 0.124 e. The zero-order valence-electron chi connectivity index (χ0n) is 6.63. The molecule has 0 aliphatic carbocycles. The summed E-state index contributed by atoms with van der Waals surface area (Å²) < 4.78 is 0. The molecular formula is C9H8ClNO. The van der Waals surface area contributed by atoms with E-state index in [1.807, 2.05) is 6.07 Å². The van der Waals surface area contributed by atoms with Crippen LogP contribution in [0, 0.1) is 18.3 Å². The first-order valence-electron chi connectivity index (χ1n) is 3.50. The lowest BCUT2D eigenvalue weighted by Gasteiger charge is -2.05. The first kappa shape index (κ1) is 8.89. The summed E-state index contributed by atoms with van der Waals surface area (Å²) in [5.74, 6) is 0.129. The number of halogens is 1. The van der Waals surface area contributed by atoms with Crippen LogP contribution in [0.5, 0.6) is 5.75 Å². The molecule has 1 rings (SSSR count). The van der Waals surface area contributed by atoms with Crippen molar-refractivity contribution >= 4 is 11.6 Å². The third-order valence-electron chi connectivity index (χ3n) is 1.68. The largest absolute Gasteiger partial charge is 0.507 e. The van der Waals surface area contributed by atoms with Gasteiger partial charge < -0.3 is 5.11 Å². The summed E-state index contributed by atoms with van der Waals surface area (Å²) in [4.78, 5) is 0. The Morgan fingerprint density at radius 3 is 2.83 bits per heavy atom. The van der Waals surface area contributed by atoms with Crippen LogP contribution < -0.4 is 0 Å². The quantitative estimate of drug-likeness (QED) is 0.723. The van der Waals surface area contributed by atoms with Crippen molar-refractivity contribution in [3.63, 3.8) is 0 Å². The van der Waals surface area contributed by atoms with E-state index in [9.17, 15) is 5.11 Å². The van der Waals surface area contributed by atoms with Crippen LogP contribution in [0.15, 0.2) is 12.1 Å². The molecule has 0 saturated carbocycles. The summed E-state index contributed by atoms with van der Waals surface area (Å²) in [7, 11) is 0. The fourth-order valence-electron chi connectivity index (χ4n) is 0.976. The number of benzene rings is 1. The third-order valence-corrected chi connectivity index (χ3v) is 2.04. The Hall–Kier alpha value is -1.20. The molecular weight excluding hydrogens is 174 g/mol. The van der Waals surface area contributed by atoms with Gasteiger partial charge in [0.15, 0.2) is 0 Å². The van der Waals surface area contributed by atoms with E-state index in [1.54, 1.807) is 19.1 Å². The van der Waals surface area contributed by atoms with E-state index in [1.165, 1.54) is 0 Å². The lowest BCUT2D eigenvalue weighted by atomic mass is 10.1. The summed E-state index contributed by atoms with van der Waals surface area (Å²) in [5, 5.41) is 18.4. The summed E-state index contributed by atoms with van der Waals surface area (Å²) >= 11 is 5.77. The number of nitrogens with zero attached hydrogens (tertiary/aromatic N) is 1. The Morgan fingerprint density at radius 2 is 2.25 bits per heavy atom. The van der Waals surface area contributed by atoms with Crippen molar-refractivity contribution in [2.45, 2.75) is 13.3 Å². The van der Waals surface area contributed by atoms with E-state index in [0.717, 1.165) is 5.56 Å². The minimum atomic E-state index is 0.129. The van der Waals surface area contributed by atoms with Crippen molar-refractivity contribution in [2.24, 2.45) is 0 Å². The average Bonchev–Trinajstić information content (AvgIpc) is 2.06. The molecule has 0 atom stereocenters. The molecule has 2 nitrogen and oxygen atoms in total. The Morgan fingerprint density at radius 1 is 1.58 bits per heavy atom. The molecule has 0 saturated heterocycles. The number of rotatable bonds is 1. The van der Waals surface area contributed by atoms with Crippen LogP contribution in [0.2, 0.25) is 5.02 Å². The van der Waals surface area contributed by atoms with Crippen LogP contribution in [0.1, 0.15) is 11.1 Å². The first-order chi connectivity index (χ1) is 5.66. The van der Waals surface area contributed by atoms with Crippen LogP contribution >= 0.6 is 11.6 Å². The van der Waals surface area contributed by atoms with E-state index >= 15 is 0 Å². The predicted molar refractivity (Wildman–Crippen MR) is 47.2 cm³/mol. The van der Waals surface area contributed by atoms with Gasteiger partial charge in [-0.25, -0.2) is 0 Å². The van der Waals surface area contributed by atoms with E-state index in [-0.39, 0.29) is 12.2 Å². The van der Waals surface area contributed by atoms with Gasteiger partial charge in [-0.3, -0.25) is 0 Å². The molecule has 0 spiro atoms. The molecule has 0 radical (unpaired) electrons. The molecule has 0 bridgehead atoms. The van der Waals surface area contributed by atoms with Crippen molar-refractivity contribution in [3.8, 4) is 11.8 Å². The lowest BCUT2D eigenvalue weighted by molar-refractivity contribution is 0.465. The van der Waals surface area contributed by atoms with Crippen LogP contribution in [0.3, 0.4) is 0 Å². The molecule has 62 valence electrons. The molecule has 1 N–H and O–H groups in total. The predicted octanol–water partition coefficient (Wildman–Crippen LogP) is 2.42. The number of aryl methyl sites for hydroxylation is 1. The lowest BCUT2D eigenvalue weighted by Crippen LogP contribution is -1.87. The van der Waals surface area contributed by atoms with Crippen molar-refractivity contribution in [3.05, 3.63) is 28.3 Å². The molecule has 12 heavy (non-hydrogen) atoms. The molecule has 0 aliphatic heterocycles. The number of hydrogen-bond acceptors (Lipinski definition) is 2. The highest BCUT2D eigenvalue weighted by atomic mass is 35.5. The topological polar surface area (TPSA) is 44.0 Å².